The number of carbonyl (C=O) groups is 2. The quantitative estimate of drug-likeness (QED) is 0.348. The largest absolute Gasteiger partial charge is 0.468 e. The third-order valence-electron chi connectivity index (χ3n) is 12.2. The molecule has 40 heavy (non-hydrogen) atoms. The third-order valence-corrected chi connectivity index (χ3v) is 12.6. The van der Waals surface area contributed by atoms with Crippen molar-refractivity contribution in [1.29, 1.82) is 5.26 Å². The van der Waals surface area contributed by atoms with Crippen molar-refractivity contribution in [3.63, 3.8) is 0 Å². The average molecular weight is 576 g/mol. The molecule has 218 valence electrons. The number of aliphatic hydroxyl groups excluding tert-OH is 1. The smallest absolute Gasteiger partial charge is 0.311 e. The predicted octanol–water partition coefficient (Wildman–Crippen LogP) is 5.53. The number of halogens is 2. The van der Waals surface area contributed by atoms with Crippen LogP contribution >= 0.6 is 12.2 Å². The second-order valence-corrected chi connectivity index (χ2v) is 14.8. The summed E-state index contributed by atoms with van der Waals surface area (Å²) in [6.45, 7) is 12.4. The third kappa shape index (κ3) is 3.35. The number of hydrogen-bond donors (Lipinski definition) is 1. The Morgan fingerprint density at radius 1 is 1.12 bits per heavy atom. The van der Waals surface area contributed by atoms with Crippen molar-refractivity contribution in [2.45, 2.75) is 97.2 Å². The number of carbonyl (C=O) groups excluding carboxylic acids is 2. The Labute approximate surface area is 240 Å². The van der Waals surface area contributed by atoms with Gasteiger partial charge in [0.1, 0.15) is 11.7 Å². The molecule has 0 saturated heterocycles. The Hall–Kier alpha value is -2.18. The van der Waals surface area contributed by atoms with E-state index in [9.17, 15) is 20.0 Å². The Morgan fingerprint density at radius 3 is 2.33 bits per heavy atom. The van der Waals surface area contributed by atoms with Gasteiger partial charge in [0, 0.05) is 16.7 Å². The SMILES string of the molecule is CC1(C)C(C(=O)O[C@]2(C(=S)OCC#N)CC[C@H]3[C@@H]4C[C@](C)(F)C5=CC(=O)C=C[C@]5(C)[C@@]4(F)[C@@H](O)C[C@@]32C)C1(C)C. The fraction of sp³-hybridized carbons (Fsp3) is 0.742. The molecule has 4 saturated carbocycles. The van der Waals surface area contributed by atoms with Crippen LogP contribution in [0.2, 0.25) is 0 Å². The van der Waals surface area contributed by atoms with Crippen molar-refractivity contribution in [3.8, 4) is 6.07 Å². The van der Waals surface area contributed by atoms with Gasteiger partial charge in [-0.05, 0) is 86.2 Å². The number of nitrogens with zero attached hydrogens (tertiary/aromatic N) is 1. The number of fused-ring (bicyclic) bond motifs is 5. The standard InChI is InChI=1S/C31H39F2NO5S/c1-25(2)22(26(25,3)4)23(37)39-30(24(40)38-13-12-34)11-9-18-19-15-29(7,32)20-14-17(35)8-10-27(20,5)31(19,33)21(36)16-28(18,30)6/h8,10,14,18-19,21-22,36H,9,11,13,15-16H2,1-7H3/t18-,19-,21-,27-,28-,29-,30-,31-/m0/s1. The van der Waals surface area contributed by atoms with E-state index in [1.165, 1.54) is 25.2 Å². The monoisotopic (exact) mass is 575 g/mol. The molecule has 0 aliphatic heterocycles. The molecule has 0 unspecified atom stereocenters. The highest BCUT2D eigenvalue weighted by Gasteiger charge is 2.78. The summed E-state index contributed by atoms with van der Waals surface area (Å²) < 4.78 is 46.1. The molecular formula is C31H39F2NO5S. The molecule has 8 atom stereocenters. The van der Waals surface area contributed by atoms with Crippen LogP contribution in [0.25, 0.3) is 0 Å². The van der Waals surface area contributed by atoms with Crippen LogP contribution in [0.5, 0.6) is 0 Å². The number of nitriles is 1. The van der Waals surface area contributed by atoms with Gasteiger partial charge in [-0.3, -0.25) is 9.59 Å². The van der Waals surface area contributed by atoms with Crippen LogP contribution in [0.15, 0.2) is 23.8 Å². The van der Waals surface area contributed by atoms with Crippen molar-refractivity contribution in [1.82, 2.24) is 0 Å². The molecule has 0 bridgehead atoms. The Bertz CT molecular complexity index is 1280. The summed E-state index contributed by atoms with van der Waals surface area (Å²) in [5, 5.41) is 20.8. The first-order valence-corrected chi connectivity index (χ1v) is 14.5. The van der Waals surface area contributed by atoms with E-state index in [0.717, 1.165) is 0 Å². The summed E-state index contributed by atoms with van der Waals surface area (Å²) in [7, 11) is 0. The first-order chi connectivity index (χ1) is 18.3. The Balaban J connectivity index is 1.60. The topological polar surface area (TPSA) is 96.6 Å². The van der Waals surface area contributed by atoms with Gasteiger partial charge in [0.2, 0.25) is 5.05 Å². The molecule has 0 spiro atoms. The summed E-state index contributed by atoms with van der Waals surface area (Å²) in [6, 6.07) is 1.90. The highest BCUT2D eigenvalue weighted by Crippen LogP contribution is 2.73. The average Bonchev–Trinajstić information content (AvgIpc) is 3.09. The second kappa shape index (κ2) is 8.44. The first-order valence-electron chi connectivity index (χ1n) is 14.1. The van der Waals surface area contributed by atoms with Crippen molar-refractivity contribution in [2.24, 2.45) is 39.4 Å². The zero-order valence-electron chi connectivity index (χ0n) is 24.3. The Kier molecular flexibility index (Phi) is 6.19. The number of hydrogen-bond acceptors (Lipinski definition) is 7. The molecule has 0 aromatic rings. The Morgan fingerprint density at radius 2 is 1.75 bits per heavy atom. The van der Waals surface area contributed by atoms with Gasteiger partial charge in [-0.25, -0.2) is 8.78 Å². The van der Waals surface area contributed by atoms with Gasteiger partial charge < -0.3 is 14.6 Å². The van der Waals surface area contributed by atoms with Gasteiger partial charge in [-0.1, -0.05) is 40.7 Å². The van der Waals surface area contributed by atoms with E-state index in [-0.39, 0.29) is 47.3 Å². The number of thiocarbonyl (C=S) groups is 1. The highest BCUT2D eigenvalue weighted by molar-refractivity contribution is 7.80. The lowest BCUT2D eigenvalue weighted by Gasteiger charge is -2.64. The van der Waals surface area contributed by atoms with Crippen molar-refractivity contribution in [3.05, 3.63) is 23.8 Å². The summed E-state index contributed by atoms with van der Waals surface area (Å²) in [4.78, 5) is 26.0. The summed E-state index contributed by atoms with van der Waals surface area (Å²) in [5.74, 6) is -2.77. The lowest BCUT2D eigenvalue weighted by molar-refractivity contribution is -0.227. The van der Waals surface area contributed by atoms with E-state index >= 15 is 8.78 Å². The van der Waals surface area contributed by atoms with Crippen molar-refractivity contribution < 1.29 is 33.0 Å². The van der Waals surface area contributed by atoms with E-state index in [0.29, 0.717) is 6.42 Å². The lowest BCUT2D eigenvalue weighted by Crippen LogP contribution is -2.71. The summed E-state index contributed by atoms with van der Waals surface area (Å²) >= 11 is 5.70. The van der Waals surface area contributed by atoms with Crippen LogP contribution in [0.4, 0.5) is 8.78 Å². The van der Waals surface area contributed by atoms with Crippen molar-refractivity contribution in [2.75, 3.05) is 6.61 Å². The number of alkyl halides is 2. The van der Waals surface area contributed by atoms with Crippen LogP contribution in [-0.2, 0) is 19.1 Å². The fourth-order valence-corrected chi connectivity index (χ4v) is 9.77. The molecule has 5 aliphatic carbocycles. The first kappa shape index (κ1) is 29.3. The molecule has 4 fully saturated rings. The van der Waals surface area contributed by atoms with E-state index in [1.54, 1.807) is 6.92 Å². The van der Waals surface area contributed by atoms with Crippen molar-refractivity contribution >= 4 is 29.0 Å². The minimum atomic E-state index is -2.28. The van der Waals surface area contributed by atoms with Crippen LogP contribution in [0, 0.1) is 50.7 Å². The summed E-state index contributed by atoms with van der Waals surface area (Å²) in [6.07, 6.45) is 2.42. The molecule has 6 nitrogen and oxygen atoms in total. The highest BCUT2D eigenvalue weighted by atomic mass is 32.1. The minimum Gasteiger partial charge on any atom is -0.468 e. The van der Waals surface area contributed by atoms with Gasteiger partial charge in [-0.2, -0.15) is 5.26 Å². The lowest BCUT2D eigenvalue weighted by atomic mass is 9.43. The maximum Gasteiger partial charge on any atom is 0.311 e. The van der Waals surface area contributed by atoms with Gasteiger partial charge in [0.25, 0.3) is 0 Å². The molecule has 0 aromatic heterocycles. The fourth-order valence-electron chi connectivity index (χ4n) is 9.34. The minimum absolute atomic E-state index is 0.0376. The van der Waals surface area contributed by atoms with Gasteiger partial charge in [-0.15, -0.1) is 0 Å². The molecular weight excluding hydrogens is 536 g/mol. The van der Waals surface area contributed by atoms with E-state index in [1.807, 2.05) is 40.7 Å². The van der Waals surface area contributed by atoms with Crippen LogP contribution in [0.3, 0.4) is 0 Å². The molecule has 0 radical (unpaired) electrons. The molecule has 0 aromatic carbocycles. The van der Waals surface area contributed by atoms with E-state index < -0.39 is 63.4 Å². The number of esters is 1. The molecule has 0 amide bonds. The zero-order valence-corrected chi connectivity index (χ0v) is 25.1. The predicted molar refractivity (Wildman–Crippen MR) is 147 cm³/mol. The van der Waals surface area contributed by atoms with E-state index in [2.05, 4.69) is 0 Å². The van der Waals surface area contributed by atoms with Crippen LogP contribution in [0.1, 0.15) is 74.1 Å². The normalized spacial score (nSPS) is 46.3. The number of ether oxygens (including phenoxy) is 2. The van der Waals surface area contributed by atoms with Crippen LogP contribution < -0.4 is 0 Å². The maximum atomic E-state index is 17.6. The van der Waals surface area contributed by atoms with Gasteiger partial charge in [0.15, 0.2) is 23.7 Å². The maximum absolute atomic E-state index is 17.6. The molecule has 5 rings (SSSR count). The number of allylic oxidation sites excluding steroid dienone is 4. The molecule has 0 heterocycles. The van der Waals surface area contributed by atoms with Crippen LogP contribution in [-0.4, -0.2) is 51.6 Å². The van der Waals surface area contributed by atoms with E-state index in [4.69, 9.17) is 21.7 Å². The molecule has 1 N–H and O–H groups in total. The number of rotatable bonds is 4. The van der Waals surface area contributed by atoms with Gasteiger partial charge >= 0.3 is 5.97 Å². The number of ketones is 1. The molecule has 9 heteroatoms. The number of aliphatic hydroxyl groups is 1. The molecule has 5 aliphatic rings. The van der Waals surface area contributed by atoms with Gasteiger partial charge in [0.05, 0.1) is 12.0 Å². The second-order valence-electron chi connectivity index (χ2n) is 14.4. The summed E-state index contributed by atoms with van der Waals surface area (Å²) in [5.41, 5.74) is -9.04. The zero-order chi connectivity index (χ0) is 29.9.